The maximum Gasteiger partial charge on any atom is 0.239 e. The Balaban J connectivity index is 1.63. The van der Waals surface area contributed by atoms with Gasteiger partial charge in [-0.15, -0.1) is 0 Å². The Kier molecular flexibility index (Phi) is 4.62. The van der Waals surface area contributed by atoms with E-state index in [1.165, 1.54) is 11.1 Å². The van der Waals surface area contributed by atoms with Crippen LogP contribution in [0.1, 0.15) is 30.5 Å². The molecule has 21 heavy (non-hydrogen) atoms. The van der Waals surface area contributed by atoms with Gasteiger partial charge in [0.2, 0.25) is 5.91 Å². The number of hydrogen-bond acceptors (Lipinski definition) is 3. The van der Waals surface area contributed by atoms with E-state index in [1.807, 2.05) is 11.8 Å². The van der Waals surface area contributed by atoms with Crippen LogP contribution in [0, 0.1) is 0 Å². The van der Waals surface area contributed by atoms with Gasteiger partial charge in [0.15, 0.2) is 0 Å². The highest BCUT2D eigenvalue weighted by Gasteiger charge is 2.28. The van der Waals surface area contributed by atoms with Crippen LogP contribution >= 0.6 is 15.9 Å². The minimum absolute atomic E-state index is 0.150. The molecule has 1 fully saturated rings. The van der Waals surface area contributed by atoms with Crippen LogP contribution in [0.15, 0.2) is 22.7 Å². The predicted molar refractivity (Wildman–Crippen MR) is 85.2 cm³/mol. The van der Waals surface area contributed by atoms with Crippen molar-refractivity contribution in [3.05, 3.63) is 33.8 Å². The quantitative estimate of drug-likeness (QED) is 0.907. The Bertz CT molecular complexity index is 529. The van der Waals surface area contributed by atoms with Crippen molar-refractivity contribution in [2.24, 2.45) is 0 Å². The number of nitrogens with one attached hydrogen (secondary N) is 1. The molecule has 1 amide bonds. The first-order chi connectivity index (χ1) is 10.1. The summed E-state index contributed by atoms with van der Waals surface area (Å²) in [5.74, 6) is 0.184. The summed E-state index contributed by atoms with van der Waals surface area (Å²) >= 11 is 3.52. The summed E-state index contributed by atoms with van der Waals surface area (Å²) in [5, 5.41) is 3.50. The number of ether oxygens (including phenoxy) is 1. The zero-order chi connectivity index (χ0) is 14.8. The lowest BCUT2D eigenvalue weighted by molar-refractivity contribution is -0.137. The zero-order valence-corrected chi connectivity index (χ0v) is 13.9. The Hall–Kier alpha value is -0.910. The third-order valence-corrected chi connectivity index (χ3v) is 4.82. The maximum absolute atomic E-state index is 12.5. The number of rotatable bonds is 3. The number of benzene rings is 1. The fraction of sp³-hybridized carbons (Fsp3) is 0.562. The molecule has 1 aliphatic heterocycles. The molecule has 1 saturated heterocycles. The second-order valence-electron chi connectivity index (χ2n) is 5.76. The fourth-order valence-corrected chi connectivity index (χ4v) is 3.60. The van der Waals surface area contributed by atoms with E-state index in [0.29, 0.717) is 26.3 Å². The molecule has 2 aliphatic rings. The molecule has 1 aliphatic carbocycles. The summed E-state index contributed by atoms with van der Waals surface area (Å²) < 4.78 is 6.43. The van der Waals surface area contributed by atoms with E-state index in [9.17, 15) is 4.79 Å². The summed E-state index contributed by atoms with van der Waals surface area (Å²) in [4.78, 5) is 14.4. The van der Waals surface area contributed by atoms with Gasteiger partial charge in [-0.3, -0.25) is 10.1 Å². The van der Waals surface area contributed by atoms with Crippen LogP contribution in [0.4, 0.5) is 0 Å². The van der Waals surface area contributed by atoms with Gasteiger partial charge in [0.05, 0.1) is 19.3 Å². The third-order valence-electron chi connectivity index (χ3n) is 4.33. The lowest BCUT2D eigenvalue weighted by Gasteiger charge is -2.30. The van der Waals surface area contributed by atoms with Gasteiger partial charge in [-0.2, -0.15) is 0 Å². The van der Waals surface area contributed by atoms with E-state index in [-0.39, 0.29) is 18.0 Å². The molecule has 1 heterocycles. The van der Waals surface area contributed by atoms with Gasteiger partial charge < -0.3 is 9.64 Å². The van der Waals surface area contributed by atoms with Crippen molar-refractivity contribution in [3.63, 3.8) is 0 Å². The first kappa shape index (κ1) is 15.0. The Morgan fingerprint density at radius 2 is 2.19 bits per heavy atom. The molecular weight excluding hydrogens is 332 g/mol. The second-order valence-corrected chi connectivity index (χ2v) is 6.68. The van der Waals surface area contributed by atoms with Crippen molar-refractivity contribution in [3.8, 4) is 0 Å². The van der Waals surface area contributed by atoms with E-state index in [1.54, 1.807) is 0 Å². The van der Waals surface area contributed by atoms with E-state index in [2.05, 4.69) is 39.4 Å². The largest absolute Gasteiger partial charge is 0.378 e. The van der Waals surface area contributed by atoms with Crippen LogP contribution in [0.25, 0.3) is 0 Å². The molecule has 2 atom stereocenters. The van der Waals surface area contributed by atoms with Crippen molar-refractivity contribution >= 4 is 21.8 Å². The highest BCUT2D eigenvalue weighted by molar-refractivity contribution is 9.10. The van der Waals surface area contributed by atoms with Crippen molar-refractivity contribution in [1.82, 2.24) is 10.2 Å². The molecule has 2 unspecified atom stereocenters. The third kappa shape index (κ3) is 3.30. The molecule has 1 aromatic carbocycles. The van der Waals surface area contributed by atoms with Crippen molar-refractivity contribution in [2.45, 2.75) is 31.8 Å². The standard InChI is InChI=1S/C16H21BrN2O2/c1-11(16(20)19-6-8-21-9-7-19)18-15-5-2-12-10-13(17)3-4-14(12)15/h3-4,10-11,15,18H,2,5-9H2,1H3. The minimum atomic E-state index is -0.150. The van der Waals surface area contributed by atoms with Gasteiger partial charge in [-0.1, -0.05) is 22.0 Å². The summed E-state index contributed by atoms with van der Waals surface area (Å²) in [5.41, 5.74) is 2.72. The molecule has 0 radical (unpaired) electrons. The van der Waals surface area contributed by atoms with E-state index in [4.69, 9.17) is 4.74 Å². The number of morpholine rings is 1. The molecular formula is C16H21BrN2O2. The Morgan fingerprint density at radius 1 is 1.43 bits per heavy atom. The summed E-state index contributed by atoms with van der Waals surface area (Å²) in [7, 11) is 0. The lowest BCUT2D eigenvalue weighted by atomic mass is 10.1. The van der Waals surface area contributed by atoms with Crippen LogP contribution in [0.2, 0.25) is 0 Å². The monoisotopic (exact) mass is 352 g/mol. The molecule has 0 saturated carbocycles. The summed E-state index contributed by atoms with van der Waals surface area (Å²) in [6.07, 6.45) is 2.14. The van der Waals surface area contributed by atoms with Crippen LogP contribution < -0.4 is 5.32 Å². The first-order valence-corrected chi connectivity index (χ1v) is 8.35. The predicted octanol–water partition coefficient (Wildman–Crippen LogP) is 2.27. The Morgan fingerprint density at radius 3 is 2.95 bits per heavy atom. The molecule has 114 valence electrons. The first-order valence-electron chi connectivity index (χ1n) is 7.56. The number of halogens is 1. The van der Waals surface area contributed by atoms with Crippen LogP contribution in [-0.2, 0) is 16.0 Å². The molecule has 0 aromatic heterocycles. The molecule has 0 spiro atoms. The number of aryl methyl sites for hydroxylation is 1. The summed E-state index contributed by atoms with van der Waals surface area (Å²) in [6.45, 7) is 4.68. The molecule has 4 nitrogen and oxygen atoms in total. The van der Waals surface area contributed by atoms with Gasteiger partial charge >= 0.3 is 0 Å². The topological polar surface area (TPSA) is 41.6 Å². The van der Waals surface area contributed by atoms with E-state index < -0.39 is 0 Å². The van der Waals surface area contributed by atoms with Gasteiger partial charge in [-0.25, -0.2) is 0 Å². The highest BCUT2D eigenvalue weighted by Crippen LogP contribution is 2.33. The summed E-state index contributed by atoms with van der Waals surface area (Å²) in [6, 6.07) is 6.56. The van der Waals surface area contributed by atoms with E-state index >= 15 is 0 Å². The van der Waals surface area contributed by atoms with Crippen molar-refractivity contribution in [2.75, 3.05) is 26.3 Å². The van der Waals surface area contributed by atoms with Crippen molar-refractivity contribution in [1.29, 1.82) is 0 Å². The van der Waals surface area contributed by atoms with Crippen molar-refractivity contribution < 1.29 is 9.53 Å². The zero-order valence-electron chi connectivity index (χ0n) is 12.3. The SMILES string of the molecule is CC(NC1CCc2cc(Br)ccc21)C(=O)N1CCOCC1. The van der Waals surface area contributed by atoms with E-state index in [0.717, 1.165) is 17.3 Å². The van der Waals surface area contributed by atoms with Crippen LogP contribution in [0.3, 0.4) is 0 Å². The van der Waals surface area contributed by atoms with Gasteiger partial charge in [0.1, 0.15) is 0 Å². The molecule has 1 aromatic rings. The molecule has 5 heteroatoms. The Labute approximate surface area is 134 Å². The minimum Gasteiger partial charge on any atom is -0.378 e. The lowest BCUT2D eigenvalue weighted by Crippen LogP contribution is -2.49. The normalized spacial score (nSPS) is 23.0. The molecule has 1 N–H and O–H groups in total. The molecule has 0 bridgehead atoms. The number of carbonyl (C=O) groups is 1. The smallest absolute Gasteiger partial charge is 0.239 e. The number of fused-ring (bicyclic) bond motifs is 1. The number of carbonyl (C=O) groups excluding carboxylic acids is 1. The number of amides is 1. The van der Waals surface area contributed by atoms with Crippen LogP contribution in [-0.4, -0.2) is 43.2 Å². The van der Waals surface area contributed by atoms with Gasteiger partial charge in [0.25, 0.3) is 0 Å². The highest BCUT2D eigenvalue weighted by atomic mass is 79.9. The van der Waals surface area contributed by atoms with Gasteiger partial charge in [0, 0.05) is 23.6 Å². The average Bonchev–Trinajstić information content (AvgIpc) is 2.89. The second kappa shape index (κ2) is 6.46. The van der Waals surface area contributed by atoms with Gasteiger partial charge in [-0.05, 0) is 43.0 Å². The number of hydrogen-bond donors (Lipinski definition) is 1. The average molecular weight is 353 g/mol. The molecule has 3 rings (SSSR count). The number of nitrogens with zero attached hydrogens (tertiary/aromatic N) is 1. The fourth-order valence-electron chi connectivity index (χ4n) is 3.19. The maximum atomic E-state index is 12.5. The van der Waals surface area contributed by atoms with Crippen LogP contribution in [0.5, 0.6) is 0 Å².